The molecule has 2 aromatic carbocycles. The third-order valence-corrected chi connectivity index (χ3v) is 6.75. The van der Waals surface area contributed by atoms with Crippen molar-refractivity contribution in [2.45, 2.75) is 62.8 Å². The normalized spacial score (nSPS) is 23.0. The molecule has 1 saturated carbocycles. The Balaban J connectivity index is 1.77. The molecule has 0 saturated heterocycles. The molecule has 7 N–H and O–H groups in total. The van der Waals surface area contributed by atoms with Crippen molar-refractivity contribution in [3.05, 3.63) is 59.7 Å². The third kappa shape index (κ3) is 9.94. The van der Waals surface area contributed by atoms with Gasteiger partial charge in [-0.1, -0.05) is 12.1 Å². The largest absolute Gasteiger partial charge is 0.504 e. The van der Waals surface area contributed by atoms with Crippen LogP contribution in [0.4, 0.5) is 0 Å². The van der Waals surface area contributed by atoms with E-state index in [2.05, 4.69) is 0 Å². The maximum absolute atomic E-state index is 13.0. The molecule has 244 valence electrons. The number of benzene rings is 2. The second kappa shape index (κ2) is 15.4. The molecule has 0 aromatic heterocycles. The summed E-state index contributed by atoms with van der Waals surface area (Å²) in [6.07, 6.45) is -2.86. The standard InChI is InChI=1S/C31H36O14/c1-17(15-32)43-18(2)16-42-30(40)31(41)13-25(44-27(37)9-5-19-3-7-21(33)23(35)11-19)29(39)26(14-31)45-28(38)10-6-20-4-8-22(34)24(36)12-20/h3-12,17-18,25-26,29,32-36,39,41H,13-16H2,1-2H3/b9-5+,10-6+/t17?,18?,25-,26-,29-,31+/m1/s1. The van der Waals surface area contributed by atoms with Crippen LogP contribution < -0.4 is 0 Å². The van der Waals surface area contributed by atoms with Crippen LogP contribution in [0.25, 0.3) is 12.2 Å². The molecule has 1 fully saturated rings. The Morgan fingerprint density at radius 3 is 1.71 bits per heavy atom. The molecule has 0 bridgehead atoms. The van der Waals surface area contributed by atoms with Crippen molar-refractivity contribution in [1.29, 1.82) is 0 Å². The van der Waals surface area contributed by atoms with Crippen molar-refractivity contribution in [1.82, 2.24) is 0 Å². The average Bonchev–Trinajstić information content (AvgIpc) is 2.99. The van der Waals surface area contributed by atoms with Gasteiger partial charge in [0.1, 0.15) is 24.9 Å². The lowest BCUT2D eigenvalue weighted by Crippen LogP contribution is -2.58. The molecule has 45 heavy (non-hydrogen) atoms. The third-order valence-electron chi connectivity index (χ3n) is 6.75. The minimum absolute atomic E-state index is 0.273. The number of aromatic hydroxyl groups is 4. The van der Waals surface area contributed by atoms with E-state index in [1.165, 1.54) is 48.6 Å². The van der Waals surface area contributed by atoms with E-state index < -0.39 is 78.4 Å². The highest BCUT2D eigenvalue weighted by Crippen LogP contribution is 2.34. The monoisotopic (exact) mass is 632 g/mol. The highest BCUT2D eigenvalue weighted by molar-refractivity contribution is 5.88. The molecular formula is C31H36O14. The Hall–Kier alpha value is -4.63. The van der Waals surface area contributed by atoms with Gasteiger partial charge in [0.05, 0.1) is 18.8 Å². The van der Waals surface area contributed by atoms with Crippen molar-refractivity contribution in [2.75, 3.05) is 13.2 Å². The summed E-state index contributed by atoms with van der Waals surface area (Å²) in [4.78, 5) is 38.3. The van der Waals surface area contributed by atoms with Gasteiger partial charge in [-0.2, -0.15) is 0 Å². The van der Waals surface area contributed by atoms with Crippen LogP contribution in [0.3, 0.4) is 0 Å². The predicted molar refractivity (Wildman–Crippen MR) is 156 cm³/mol. The number of phenolic OH excluding ortho intramolecular Hbond substituents is 4. The number of aliphatic hydroxyl groups is 3. The molecule has 2 aromatic rings. The number of carbonyl (C=O) groups excluding carboxylic acids is 3. The first-order valence-electron chi connectivity index (χ1n) is 13.9. The van der Waals surface area contributed by atoms with E-state index in [1.54, 1.807) is 13.8 Å². The van der Waals surface area contributed by atoms with E-state index in [-0.39, 0.29) is 24.7 Å². The maximum atomic E-state index is 13.0. The fourth-order valence-electron chi connectivity index (χ4n) is 4.42. The van der Waals surface area contributed by atoms with Gasteiger partial charge in [0.25, 0.3) is 0 Å². The summed E-state index contributed by atoms with van der Waals surface area (Å²) in [6, 6.07) is 7.56. The van der Waals surface area contributed by atoms with E-state index in [9.17, 15) is 45.0 Å². The summed E-state index contributed by atoms with van der Waals surface area (Å²) in [6.45, 7) is 2.59. The number of hydrogen-bond donors (Lipinski definition) is 7. The number of aliphatic hydroxyl groups excluding tert-OH is 2. The molecule has 0 spiro atoms. The summed E-state index contributed by atoms with van der Waals surface area (Å²) < 4.78 is 21.3. The summed E-state index contributed by atoms with van der Waals surface area (Å²) >= 11 is 0. The Labute approximate surface area is 258 Å². The molecule has 14 nitrogen and oxygen atoms in total. The smallest absolute Gasteiger partial charge is 0.338 e. The highest BCUT2D eigenvalue weighted by Gasteiger charge is 2.53. The van der Waals surface area contributed by atoms with E-state index >= 15 is 0 Å². The molecule has 1 aliphatic carbocycles. The number of hydrogen-bond acceptors (Lipinski definition) is 14. The fourth-order valence-corrected chi connectivity index (χ4v) is 4.42. The van der Waals surface area contributed by atoms with Gasteiger partial charge in [-0.05, 0) is 61.4 Å². The molecule has 1 aliphatic rings. The van der Waals surface area contributed by atoms with Gasteiger partial charge >= 0.3 is 17.9 Å². The minimum Gasteiger partial charge on any atom is -0.504 e. The SMILES string of the molecule is CC(CO)OC(C)COC(=O)[C@]1(O)C[C@@H](OC(=O)/C=C/c2ccc(O)c(O)c2)[C@@H](O)[C@H](OC(=O)/C=C/c2ccc(O)c(O)c2)C1. The Morgan fingerprint density at radius 1 is 0.822 bits per heavy atom. The predicted octanol–water partition coefficient (Wildman–Crippen LogP) is 1.27. The molecule has 0 heterocycles. The van der Waals surface area contributed by atoms with Crippen molar-refractivity contribution >= 4 is 30.1 Å². The quantitative estimate of drug-likeness (QED) is 0.0757. The van der Waals surface area contributed by atoms with Gasteiger partial charge in [0, 0.05) is 25.0 Å². The highest BCUT2D eigenvalue weighted by atomic mass is 16.6. The zero-order chi connectivity index (χ0) is 33.3. The fraction of sp³-hybridized carbons (Fsp3) is 0.387. The second-order valence-electron chi connectivity index (χ2n) is 10.6. The molecule has 3 rings (SSSR count). The second-order valence-corrected chi connectivity index (χ2v) is 10.6. The van der Waals surface area contributed by atoms with Gasteiger partial charge in [-0.25, -0.2) is 14.4 Å². The van der Waals surface area contributed by atoms with Crippen molar-refractivity contribution in [3.8, 4) is 23.0 Å². The summed E-state index contributed by atoms with van der Waals surface area (Å²) in [5, 5.41) is 69.6. The zero-order valence-electron chi connectivity index (χ0n) is 24.5. The van der Waals surface area contributed by atoms with E-state index in [0.717, 1.165) is 12.2 Å². The number of rotatable bonds is 12. The maximum Gasteiger partial charge on any atom is 0.338 e. The van der Waals surface area contributed by atoms with Crippen LogP contribution in [0, 0.1) is 0 Å². The lowest BCUT2D eigenvalue weighted by Gasteiger charge is -2.41. The lowest BCUT2D eigenvalue weighted by molar-refractivity contribution is -0.207. The van der Waals surface area contributed by atoms with Gasteiger partial charge in [-0.3, -0.25) is 0 Å². The Bertz CT molecular complexity index is 1330. The number of carbonyl (C=O) groups is 3. The van der Waals surface area contributed by atoms with Gasteiger partial charge in [-0.15, -0.1) is 0 Å². The van der Waals surface area contributed by atoms with Crippen LogP contribution in [0.2, 0.25) is 0 Å². The summed E-state index contributed by atoms with van der Waals surface area (Å²) in [5.41, 5.74) is -1.74. The Kier molecular flexibility index (Phi) is 11.9. The topological polar surface area (TPSA) is 230 Å². The number of ether oxygens (including phenoxy) is 4. The first-order valence-corrected chi connectivity index (χ1v) is 13.9. The van der Waals surface area contributed by atoms with Crippen molar-refractivity contribution in [3.63, 3.8) is 0 Å². The van der Waals surface area contributed by atoms with Gasteiger partial charge in [0.2, 0.25) is 0 Å². The molecule has 14 heteroatoms. The van der Waals surface area contributed by atoms with Crippen LogP contribution in [0.1, 0.15) is 37.8 Å². The first kappa shape index (κ1) is 34.9. The van der Waals surface area contributed by atoms with Crippen molar-refractivity contribution in [2.24, 2.45) is 0 Å². The molecular weight excluding hydrogens is 596 g/mol. The summed E-state index contributed by atoms with van der Waals surface area (Å²) in [7, 11) is 0. The minimum atomic E-state index is -2.38. The van der Waals surface area contributed by atoms with E-state index in [1.807, 2.05) is 0 Å². The molecule has 0 aliphatic heterocycles. The van der Waals surface area contributed by atoms with Crippen LogP contribution in [-0.2, 0) is 33.3 Å². The molecule has 2 unspecified atom stereocenters. The number of esters is 3. The molecule has 0 amide bonds. The Morgan fingerprint density at radius 2 is 1.29 bits per heavy atom. The zero-order valence-corrected chi connectivity index (χ0v) is 24.5. The molecule has 0 radical (unpaired) electrons. The number of phenols is 4. The average molecular weight is 633 g/mol. The van der Waals surface area contributed by atoms with Crippen LogP contribution in [0.15, 0.2) is 48.6 Å². The summed E-state index contributed by atoms with van der Waals surface area (Å²) in [5.74, 6) is -4.78. The van der Waals surface area contributed by atoms with E-state index in [4.69, 9.17) is 24.1 Å². The van der Waals surface area contributed by atoms with Gasteiger partial charge < -0.3 is 54.7 Å². The van der Waals surface area contributed by atoms with E-state index in [0.29, 0.717) is 11.1 Å². The first-order chi connectivity index (χ1) is 21.2. The van der Waals surface area contributed by atoms with Crippen LogP contribution in [0.5, 0.6) is 23.0 Å². The van der Waals surface area contributed by atoms with Gasteiger partial charge in [0.15, 0.2) is 28.6 Å². The van der Waals surface area contributed by atoms with Crippen molar-refractivity contribution < 1.29 is 69.1 Å². The van der Waals surface area contributed by atoms with Crippen LogP contribution >= 0.6 is 0 Å². The van der Waals surface area contributed by atoms with Crippen LogP contribution in [-0.4, -0.2) is 103 Å². The molecule has 4 atom stereocenters. The lowest BCUT2D eigenvalue weighted by atomic mass is 9.79.